The Balaban J connectivity index is 1.72. The SMILES string of the molecule is C=c1nc(NC(C)c2cccc(NC(=O)c3cnc(Cl)c(C)c3)c2)cn/c1=C/CCC. The van der Waals surface area contributed by atoms with E-state index in [2.05, 4.69) is 39.1 Å². The highest BCUT2D eigenvalue weighted by atomic mass is 35.5. The molecule has 0 saturated carbocycles. The Morgan fingerprint density at radius 2 is 2.06 bits per heavy atom. The van der Waals surface area contributed by atoms with Crippen molar-refractivity contribution in [2.24, 2.45) is 0 Å². The molecular weight excluding hydrogens is 410 g/mol. The maximum absolute atomic E-state index is 12.6. The number of anilines is 2. The van der Waals surface area contributed by atoms with Crippen molar-refractivity contribution in [3.8, 4) is 0 Å². The molecular formula is C24H26ClN5O. The first-order valence-corrected chi connectivity index (χ1v) is 10.6. The molecule has 160 valence electrons. The molecule has 1 aromatic carbocycles. The first kappa shape index (κ1) is 22.4. The summed E-state index contributed by atoms with van der Waals surface area (Å²) < 4.78 is 0. The fraction of sp³-hybridized carbons (Fsp3) is 0.250. The lowest BCUT2D eigenvalue weighted by molar-refractivity contribution is 0.102. The number of unbranched alkanes of at least 4 members (excludes halogenated alkanes) is 1. The number of hydrogen-bond acceptors (Lipinski definition) is 5. The van der Waals surface area contributed by atoms with Gasteiger partial charge in [0.25, 0.3) is 5.91 Å². The summed E-state index contributed by atoms with van der Waals surface area (Å²) >= 11 is 5.94. The number of amides is 1. The average Bonchev–Trinajstić information content (AvgIpc) is 2.75. The van der Waals surface area contributed by atoms with Crippen LogP contribution in [0, 0.1) is 6.92 Å². The van der Waals surface area contributed by atoms with E-state index in [1.165, 1.54) is 6.20 Å². The minimum absolute atomic E-state index is 0.0459. The Morgan fingerprint density at radius 3 is 2.77 bits per heavy atom. The zero-order valence-corrected chi connectivity index (χ0v) is 18.7. The molecule has 2 N–H and O–H groups in total. The molecule has 7 heteroatoms. The molecule has 0 spiro atoms. The number of benzene rings is 1. The molecule has 1 atom stereocenters. The standard InChI is InChI=1S/C24H26ClN5O/c1-5-6-10-21-17(4)29-22(14-26-21)28-16(3)18-8-7-9-20(12-18)30-24(31)19-11-15(2)23(25)27-13-19/h7-14,16H,4-6H2,1-3H3,(H,28,29)(H,30,31)/b21-10+. The van der Waals surface area contributed by atoms with E-state index < -0.39 is 0 Å². The number of pyridine rings is 1. The lowest BCUT2D eigenvalue weighted by atomic mass is 10.1. The van der Waals surface area contributed by atoms with Crippen molar-refractivity contribution in [3.05, 3.63) is 75.3 Å². The van der Waals surface area contributed by atoms with Crippen LogP contribution in [-0.2, 0) is 0 Å². The van der Waals surface area contributed by atoms with E-state index in [4.69, 9.17) is 11.6 Å². The highest BCUT2D eigenvalue weighted by Gasteiger charge is 2.11. The van der Waals surface area contributed by atoms with Gasteiger partial charge in [0.05, 0.1) is 28.5 Å². The molecule has 0 aliphatic carbocycles. The Bertz CT molecular complexity index is 1190. The Kier molecular flexibility index (Phi) is 7.36. The number of rotatable bonds is 7. The molecule has 0 aliphatic rings. The quantitative estimate of drug-likeness (QED) is 0.542. The fourth-order valence-corrected chi connectivity index (χ4v) is 3.14. The van der Waals surface area contributed by atoms with Crippen LogP contribution in [0.25, 0.3) is 12.7 Å². The van der Waals surface area contributed by atoms with Gasteiger partial charge in [-0.25, -0.2) is 9.97 Å². The van der Waals surface area contributed by atoms with Crippen molar-refractivity contribution < 1.29 is 4.79 Å². The molecule has 2 aromatic heterocycles. The normalized spacial score (nSPS) is 12.5. The van der Waals surface area contributed by atoms with Crippen LogP contribution < -0.4 is 21.3 Å². The van der Waals surface area contributed by atoms with Gasteiger partial charge in [0.15, 0.2) is 0 Å². The van der Waals surface area contributed by atoms with Gasteiger partial charge >= 0.3 is 0 Å². The van der Waals surface area contributed by atoms with Crippen LogP contribution in [0.1, 0.15) is 54.2 Å². The highest BCUT2D eigenvalue weighted by molar-refractivity contribution is 6.30. The molecule has 6 nitrogen and oxygen atoms in total. The number of hydrogen-bond donors (Lipinski definition) is 2. The minimum Gasteiger partial charge on any atom is -0.362 e. The number of aryl methyl sites for hydroxylation is 1. The Morgan fingerprint density at radius 1 is 1.26 bits per heavy atom. The summed E-state index contributed by atoms with van der Waals surface area (Å²) in [5.41, 5.74) is 2.90. The monoisotopic (exact) mass is 435 g/mol. The van der Waals surface area contributed by atoms with Gasteiger partial charge < -0.3 is 10.6 Å². The number of aromatic nitrogens is 3. The first-order chi connectivity index (χ1) is 14.9. The molecule has 3 rings (SSSR count). The summed E-state index contributed by atoms with van der Waals surface area (Å²) in [6, 6.07) is 9.33. The van der Waals surface area contributed by atoms with E-state index in [9.17, 15) is 4.79 Å². The molecule has 1 amide bonds. The van der Waals surface area contributed by atoms with E-state index in [0.717, 1.165) is 29.3 Å². The van der Waals surface area contributed by atoms with Crippen LogP contribution in [0.15, 0.2) is 42.7 Å². The molecule has 3 aromatic rings. The zero-order chi connectivity index (χ0) is 22.4. The van der Waals surface area contributed by atoms with E-state index >= 15 is 0 Å². The van der Waals surface area contributed by atoms with Crippen molar-refractivity contribution in [3.63, 3.8) is 0 Å². The second-order valence-corrected chi connectivity index (χ2v) is 7.72. The molecule has 31 heavy (non-hydrogen) atoms. The largest absolute Gasteiger partial charge is 0.362 e. The molecule has 0 fully saturated rings. The van der Waals surface area contributed by atoms with E-state index in [-0.39, 0.29) is 11.9 Å². The summed E-state index contributed by atoms with van der Waals surface area (Å²) in [7, 11) is 0. The van der Waals surface area contributed by atoms with Crippen LogP contribution in [-0.4, -0.2) is 20.9 Å². The van der Waals surface area contributed by atoms with Gasteiger partial charge in [0.2, 0.25) is 0 Å². The van der Waals surface area contributed by atoms with Crippen LogP contribution in [0.2, 0.25) is 5.15 Å². The highest BCUT2D eigenvalue weighted by Crippen LogP contribution is 2.21. The van der Waals surface area contributed by atoms with Crippen LogP contribution >= 0.6 is 11.6 Å². The average molecular weight is 436 g/mol. The van der Waals surface area contributed by atoms with Gasteiger partial charge in [-0.15, -0.1) is 0 Å². The first-order valence-electron chi connectivity index (χ1n) is 10.2. The molecule has 0 radical (unpaired) electrons. The number of carbonyl (C=O) groups is 1. The molecule has 0 aliphatic heterocycles. The van der Waals surface area contributed by atoms with E-state index in [0.29, 0.717) is 27.6 Å². The van der Waals surface area contributed by atoms with Gasteiger partial charge in [0, 0.05) is 11.9 Å². The van der Waals surface area contributed by atoms with Gasteiger partial charge in [0.1, 0.15) is 11.0 Å². The summed E-state index contributed by atoms with van der Waals surface area (Å²) in [5, 5.41) is 8.11. The summed E-state index contributed by atoms with van der Waals surface area (Å²) in [4.78, 5) is 25.6. The van der Waals surface area contributed by atoms with Gasteiger partial charge in [-0.1, -0.05) is 49.7 Å². The Hall–Kier alpha value is -3.25. The minimum atomic E-state index is -0.239. The van der Waals surface area contributed by atoms with E-state index in [1.807, 2.05) is 44.2 Å². The summed E-state index contributed by atoms with van der Waals surface area (Å²) in [6.45, 7) is 9.95. The third kappa shape index (κ3) is 5.89. The van der Waals surface area contributed by atoms with Crippen molar-refractivity contribution in [2.45, 2.75) is 39.7 Å². The molecule has 0 saturated heterocycles. The summed E-state index contributed by atoms with van der Waals surface area (Å²) in [6.07, 6.45) is 7.24. The van der Waals surface area contributed by atoms with Gasteiger partial charge in [-0.05, 0) is 49.6 Å². The topological polar surface area (TPSA) is 79.8 Å². The van der Waals surface area contributed by atoms with Crippen LogP contribution in [0.4, 0.5) is 11.5 Å². The van der Waals surface area contributed by atoms with Crippen molar-refractivity contribution in [2.75, 3.05) is 10.6 Å². The third-order valence-corrected chi connectivity index (χ3v) is 5.18. The summed E-state index contributed by atoms with van der Waals surface area (Å²) in [5.74, 6) is 0.416. The number of nitrogens with zero attached hydrogens (tertiary/aromatic N) is 3. The zero-order valence-electron chi connectivity index (χ0n) is 17.9. The molecule has 0 bridgehead atoms. The van der Waals surface area contributed by atoms with Crippen LogP contribution in [0.3, 0.4) is 0 Å². The predicted molar refractivity (Wildman–Crippen MR) is 127 cm³/mol. The second-order valence-electron chi connectivity index (χ2n) is 7.36. The smallest absolute Gasteiger partial charge is 0.257 e. The third-order valence-electron chi connectivity index (χ3n) is 4.79. The van der Waals surface area contributed by atoms with E-state index in [1.54, 1.807) is 12.3 Å². The van der Waals surface area contributed by atoms with Crippen molar-refractivity contribution in [1.29, 1.82) is 0 Å². The van der Waals surface area contributed by atoms with Gasteiger partial charge in [-0.3, -0.25) is 9.78 Å². The lowest BCUT2D eigenvalue weighted by Gasteiger charge is -2.16. The number of halogens is 1. The Labute approximate surface area is 187 Å². The predicted octanol–water partition coefficient (Wildman–Crippen LogP) is 4.25. The van der Waals surface area contributed by atoms with Gasteiger partial charge in [-0.2, -0.15) is 0 Å². The van der Waals surface area contributed by atoms with Crippen molar-refractivity contribution in [1.82, 2.24) is 15.0 Å². The van der Waals surface area contributed by atoms with Crippen molar-refractivity contribution >= 4 is 41.7 Å². The number of carbonyl (C=O) groups excluding carboxylic acids is 1. The van der Waals surface area contributed by atoms with Crippen LogP contribution in [0.5, 0.6) is 0 Å². The second kappa shape index (κ2) is 10.2. The lowest BCUT2D eigenvalue weighted by Crippen LogP contribution is -2.30. The molecule has 1 unspecified atom stereocenters. The maximum atomic E-state index is 12.6. The molecule has 2 heterocycles. The number of nitrogens with one attached hydrogen (secondary N) is 2. The maximum Gasteiger partial charge on any atom is 0.257 e. The fourth-order valence-electron chi connectivity index (χ4n) is 3.03.